The van der Waals surface area contributed by atoms with E-state index < -0.39 is 27.7 Å². The van der Waals surface area contributed by atoms with Crippen LogP contribution in [0.2, 0.25) is 0 Å². The highest BCUT2D eigenvalue weighted by molar-refractivity contribution is 7.89. The Labute approximate surface area is 149 Å². The molecular formula is C17H17F3N2O3S. The first-order valence-corrected chi connectivity index (χ1v) is 9.09. The molecule has 0 aliphatic rings. The monoisotopic (exact) mass is 386 g/mol. The van der Waals surface area contributed by atoms with E-state index in [0.29, 0.717) is 0 Å². The lowest BCUT2D eigenvalue weighted by Crippen LogP contribution is -2.37. The lowest BCUT2D eigenvalue weighted by molar-refractivity contribution is -0.137. The van der Waals surface area contributed by atoms with Crippen LogP contribution in [0.5, 0.6) is 0 Å². The molecule has 0 bridgehead atoms. The number of hydrogen-bond donors (Lipinski definition) is 1. The van der Waals surface area contributed by atoms with E-state index in [1.54, 1.807) is 18.2 Å². The Hall–Kier alpha value is -2.39. The van der Waals surface area contributed by atoms with Crippen molar-refractivity contribution in [2.45, 2.75) is 18.0 Å². The number of carbonyl (C=O) groups excluding carboxylic acids is 1. The van der Waals surface area contributed by atoms with Crippen molar-refractivity contribution in [2.75, 3.05) is 18.0 Å². The van der Waals surface area contributed by atoms with E-state index in [-0.39, 0.29) is 23.7 Å². The minimum atomic E-state index is -4.47. The van der Waals surface area contributed by atoms with Gasteiger partial charge in [-0.2, -0.15) is 13.2 Å². The normalized spacial score (nSPS) is 12.0. The molecule has 0 spiro atoms. The summed E-state index contributed by atoms with van der Waals surface area (Å²) in [7, 11) is -3.73. The number of halogens is 3. The molecule has 0 radical (unpaired) electrons. The van der Waals surface area contributed by atoms with E-state index in [1.165, 1.54) is 36.1 Å². The molecule has 0 fully saturated rings. The maximum Gasteiger partial charge on any atom is 0.416 e. The van der Waals surface area contributed by atoms with Gasteiger partial charge in [0.25, 0.3) is 0 Å². The number of carbonyl (C=O) groups is 1. The van der Waals surface area contributed by atoms with Crippen molar-refractivity contribution in [1.29, 1.82) is 0 Å². The van der Waals surface area contributed by atoms with Gasteiger partial charge in [0.1, 0.15) is 0 Å². The van der Waals surface area contributed by atoms with Crippen LogP contribution < -0.4 is 9.62 Å². The average Bonchev–Trinajstić information content (AvgIpc) is 2.58. The van der Waals surface area contributed by atoms with E-state index in [4.69, 9.17) is 0 Å². The summed E-state index contributed by atoms with van der Waals surface area (Å²) >= 11 is 0. The number of nitrogens with zero attached hydrogens (tertiary/aromatic N) is 1. The van der Waals surface area contributed by atoms with E-state index in [0.717, 1.165) is 12.1 Å². The van der Waals surface area contributed by atoms with Crippen molar-refractivity contribution in [3.8, 4) is 0 Å². The predicted molar refractivity (Wildman–Crippen MR) is 91.1 cm³/mol. The van der Waals surface area contributed by atoms with Gasteiger partial charge in [0.15, 0.2) is 0 Å². The second-order valence-electron chi connectivity index (χ2n) is 5.43. The molecule has 0 aliphatic carbocycles. The Morgan fingerprint density at radius 3 is 2.12 bits per heavy atom. The van der Waals surface area contributed by atoms with Gasteiger partial charge in [-0.25, -0.2) is 13.1 Å². The van der Waals surface area contributed by atoms with Crippen molar-refractivity contribution >= 4 is 21.6 Å². The molecule has 9 heteroatoms. The van der Waals surface area contributed by atoms with Crippen LogP contribution >= 0.6 is 0 Å². The Bertz CT molecular complexity index is 851. The first-order chi connectivity index (χ1) is 12.1. The highest BCUT2D eigenvalue weighted by Crippen LogP contribution is 2.30. The molecule has 5 nitrogen and oxygen atoms in total. The summed E-state index contributed by atoms with van der Waals surface area (Å²) in [6.07, 6.45) is -4.47. The molecule has 2 aromatic rings. The summed E-state index contributed by atoms with van der Waals surface area (Å²) in [4.78, 5) is 13.1. The number of hydrogen-bond acceptors (Lipinski definition) is 3. The molecule has 0 atom stereocenters. The number of alkyl halides is 3. The molecule has 0 saturated heterocycles. The highest BCUT2D eigenvalue weighted by atomic mass is 32.2. The Kier molecular flexibility index (Phi) is 6.04. The number of nitrogens with one attached hydrogen (secondary N) is 1. The number of anilines is 1. The molecule has 0 aromatic heterocycles. The third-order valence-corrected chi connectivity index (χ3v) is 5.04. The van der Waals surface area contributed by atoms with Crippen molar-refractivity contribution in [2.24, 2.45) is 0 Å². The smallest absolute Gasteiger partial charge is 0.311 e. The third-order valence-electron chi connectivity index (χ3n) is 3.57. The van der Waals surface area contributed by atoms with E-state index in [9.17, 15) is 26.4 Å². The lowest BCUT2D eigenvalue weighted by atomic mass is 10.2. The topological polar surface area (TPSA) is 66.5 Å². The zero-order chi connectivity index (χ0) is 19.4. The van der Waals surface area contributed by atoms with Crippen LogP contribution in [0.1, 0.15) is 12.5 Å². The molecule has 0 heterocycles. The standard InChI is InChI=1S/C17H17F3N2O3S/c1-13(23)22(15-9-7-14(8-10-15)17(18,19)20)12-11-21-26(24,25)16-5-3-2-4-6-16/h2-10,21H,11-12H2,1H3. The minimum Gasteiger partial charge on any atom is -0.311 e. The molecule has 0 unspecified atom stereocenters. The van der Waals surface area contributed by atoms with Crippen molar-refractivity contribution in [1.82, 2.24) is 4.72 Å². The van der Waals surface area contributed by atoms with Crippen LogP contribution in [0.15, 0.2) is 59.5 Å². The van der Waals surface area contributed by atoms with Gasteiger partial charge in [-0.15, -0.1) is 0 Å². The van der Waals surface area contributed by atoms with E-state index in [2.05, 4.69) is 4.72 Å². The first-order valence-electron chi connectivity index (χ1n) is 7.61. The molecule has 140 valence electrons. The van der Waals surface area contributed by atoms with Gasteiger partial charge < -0.3 is 4.90 Å². The second kappa shape index (κ2) is 7.88. The van der Waals surface area contributed by atoms with E-state index >= 15 is 0 Å². The van der Waals surface area contributed by atoms with Gasteiger partial charge in [0.2, 0.25) is 15.9 Å². The fourth-order valence-electron chi connectivity index (χ4n) is 2.27. The van der Waals surface area contributed by atoms with Crippen LogP contribution in [0.4, 0.5) is 18.9 Å². The Morgan fingerprint density at radius 2 is 1.62 bits per heavy atom. The predicted octanol–water partition coefficient (Wildman–Crippen LogP) is 3.04. The summed E-state index contributed by atoms with van der Waals surface area (Å²) in [5.74, 6) is -0.413. The lowest BCUT2D eigenvalue weighted by Gasteiger charge is -2.22. The number of benzene rings is 2. The number of amides is 1. The van der Waals surface area contributed by atoms with Gasteiger partial charge in [0.05, 0.1) is 10.5 Å². The van der Waals surface area contributed by atoms with Crippen molar-refractivity contribution in [3.05, 3.63) is 60.2 Å². The highest BCUT2D eigenvalue weighted by Gasteiger charge is 2.30. The zero-order valence-corrected chi connectivity index (χ0v) is 14.6. The minimum absolute atomic E-state index is 0.0211. The third kappa shape index (κ3) is 5.06. The Balaban J connectivity index is 2.06. The number of sulfonamides is 1. The van der Waals surface area contributed by atoms with Crippen LogP contribution in [0, 0.1) is 0 Å². The summed E-state index contributed by atoms with van der Waals surface area (Å²) in [6, 6.07) is 11.8. The molecule has 2 aromatic carbocycles. The van der Waals surface area contributed by atoms with Crippen molar-refractivity contribution in [3.63, 3.8) is 0 Å². The zero-order valence-electron chi connectivity index (χ0n) is 13.8. The van der Waals surface area contributed by atoms with Gasteiger partial charge in [-0.1, -0.05) is 18.2 Å². The summed E-state index contributed by atoms with van der Waals surface area (Å²) in [5, 5.41) is 0. The van der Waals surface area contributed by atoms with Crippen LogP contribution in [0.3, 0.4) is 0 Å². The maximum atomic E-state index is 12.6. The first kappa shape index (κ1) is 19.9. The summed E-state index contributed by atoms with van der Waals surface area (Å²) < 4.78 is 64.5. The second-order valence-corrected chi connectivity index (χ2v) is 7.19. The molecular weight excluding hydrogens is 369 g/mol. The van der Waals surface area contributed by atoms with Gasteiger partial charge in [0, 0.05) is 25.7 Å². The average molecular weight is 386 g/mol. The molecule has 0 aliphatic heterocycles. The molecule has 1 amide bonds. The Morgan fingerprint density at radius 1 is 1.04 bits per heavy atom. The van der Waals surface area contributed by atoms with Gasteiger partial charge in [-0.05, 0) is 36.4 Å². The van der Waals surface area contributed by atoms with Gasteiger partial charge in [-0.3, -0.25) is 4.79 Å². The summed E-state index contributed by atoms with van der Waals surface area (Å²) in [6.45, 7) is 1.15. The van der Waals surface area contributed by atoms with Gasteiger partial charge >= 0.3 is 6.18 Å². The molecule has 26 heavy (non-hydrogen) atoms. The van der Waals surface area contributed by atoms with Crippen LogP contribution in [-0.2, 0) is 21.0 Å². The van der Waals surface area contributed by atoms with Crippen LogP contribution in [-0.4, -0.2) is 27.4 Å². The fraction of sp³-hybridized carbons (Fsp3) is 0.235. The fourth-order valence-corrected chi connectivity index (χ4v) is 3.32. The van der Waals surface area contributed by atoms with Crippen molar-refractivity contribution < 1.29 is 26.4 Å². The van der Waals surface area contributed by atoms with Crippen LogP contribution in [0.25, 0.3) is 0 Å². The number of rotatable bonds is 6. The maximum absolute atomic E-state index is 12.6. The quantitative estimate of drug-likeness (QED) is 0.830. The van der Waals surface area contributed by atoms with E-state index in [1.807, 2.05) is 0 Å². The summed E-state index contributed by atoms with van der Waals surface area (Å²) in [5.41, 5.74) is -0.570. The molecule has 1 N–H and O–H groups in total. The largest absolute Gasteiger partial charge is 0.416 e. The SMILES string of the molecule is CC(=O)N(CCNS(=O)(=O)c1ccccc1)c1ccc(C(F)(F)F)cc1. The molecule has 2 rings (SSSR count). The molecule has 0 saturated carbocycles.